The molecular formula is C26H25N3O2S2. The Balaban J connectivity index is 1.25. The summed E-state index contributed by atoms with van der Waals surface area (Å²) >= 11 is 6.85. The maximum atomic E-state index is 12.9. The fraction of sp³-hybridized carbons (Fsp3) is 0.231. The molecule has 0 saturated carbocycles. The van der Waals surface area contributed by atoms with E-state index in [1.807, 2.05) is 12.1 Å². The van der Waals surface area contributed by atoms with Gasteiger partial charge in [0, 0.05) is 32.3 Å². The molecule has 1 aromatic heterocycles. The summed E-state index contributed by atoms with van der Waals surface area (Å²) in [6.07, 6.45) is 3.37. The molecule has 7 heteroatoms. The van der Waals surface area contributed by atoms with E-state index in [1.54, 1.807) is 17.2 Å². The lowest BCUT2D eigenvalue weighted by molar-refractivity contribution is -0.123. The molecule has 2 aliphatic heterocycles. The summed E-state index contributed by atoms with van der Waals surface area (Å²) in [6, 6.07) is 25.2. The van der Waals surface area contributed by atoms with Gasteiger partial charge in [0.2, 0.25) is 0 Å². The normalized spacial score (nSPS) is 19.2. The first kappa shape index (κ1) is 22.1. The average Bonchev–Trinajstić information content (AvgIpc) is 3.46. The van der Waals surface area contributed by atoms with Crippen LogP contribution in [0, 0.1) is 0 Å². The lowest BCUT2D eigenvalue weighted by Crippen LogP contribution is -2.51. The number of rotatable bonds is 6. The number of amides is 1. The number of piperazine rings is 1. The molecule has 5 rings (SSSR count). The molecule has 0 atom stereocenters. The van der Waals surface area contributed by atoms with Crippen molar-refractivity contribution in [3.63, 3.8) is 0 Å². The van der Waals surface area contributed by atoms with E-state index in [4.69, 9.17) is 16.6 Å². The Hall–Kier alpha value is -2.71. The monoisotopic (exact) mass is 475 g/mol. The summed E-state index contributed by atoms with van der Waals surface area (Å²) in [5.41, 5.74) is 2.61. The number of thioether (sulfide) groups is 1. The molecule has 33 heavy (non-hydrogen) atoms. The van der Waals surface area contributed by atoms with Gasteiger partial charge in [0.1, 0.15) is 10.1 Å². The van der Waals surface area contributed by atoms with Crippen molar-refractivity contribution in [1.29, 1.82) is 0 Å². The van der Waals surface area contributed by atoms with E-state index >= 15 is 0 Å². The summed E-state index contributed by atoms with van der Waals surface area (Å²) in [7, 11) is 0. The van der Waals surface area contributed by atoms with Crippen LogP contribution in [-0.4, -0.2) is 57.8 Å². The van der Waals surface area contributed by atoms with E-state index < -0.39 is 0 Å². The minimum Gasteiger partial charge on any atom is -0.465 e. The number of furan rings is 1. The first-order valence-electron chi connectivity index (χ1n) is 11.0. The van der Waals surface area contributed by atoms with E-state index in [9.17, 15) is 4.79 Å². The van der Waals surface area contributed by atoms with Gasteiger partial charge in [-0.1, -0.05) is 84.6 Å². The average molecular weight is 476 g/mol. The standard InChI is InChI=1S/C26H25N3O2S2/c30-25-23(18-22-12-7-17-31-22)33-26(32)29(25)19-27-13-15-28(16-14-27)24(20-8-3-1-4-9-20)21-10-5-2-6-11-21/h1-12,17-18,24H,13-16,19H2/b23-18+. The number of benzene rings is 2. The summed E-state index contributed by atoms with van der Waals surface area (Å²) in [5.74, 6) is 0.618. The van der Waals surface area contributed by atoms with Crippen molar-refractivity contribution in [2.75, 3.05) is 32.8 Å². The van der Waals surface area contributed by atoms with E-state index in [-0.39, 0.29) is 11.9 Å². The first-order valence-corrected chi connectivity index (χ1v) is 12.3. The minimum atomic E-state index is -0.0460. The van der Waals surface area contributed by atoms with E-state index in [2.05, 4.69) is 70.5 Å². The molecule has 2 saturated heterocycles. The SMILES string of the molecule is O=C1/C(=C\c2ccco2)SC(=S)N1CN1CCN(C(c2ccccc2)c2ccccc2)CC1. The third-order valence-corrected chi connectivity index (χ3v) is 7.41. The highest BCUT2D eigenvalue weighted by Crippen LogP contribution is 2.33. The Labute approximate surface area is 203 Å². The zero-order chi connectivity index (χ0) is 22.6. The third-order valence-electron chi connectivity index (χ3n) is 6.03. The zero-order valence-electron chi connectivity index (χ0n) is 18.2. The van der Waals surface area contributed by atoms with Crippen molar-refractivity contribution in [3.05, 3.63) is 101 Å². The second-order valence-electron chi connectivity index (χ2n) is 8.14. The highest BCUT2D eigenvalue weighted by molar-refractivity contribution is 8.26. The predicted octanol–water partition coefficient (Wildman–Crippen LogP) is 4.85. The second-order valence-corrected chi connectivity index (χ2v) is 9.82. The Kier molecular flexibility index (Phi) is 6.73. The van der Waals surface area contributed by atoms with Gasteiger partial charge in [-0.05, 0) is 23.3 Å². The molecule has 0 spiro atoms. The van der Waals surface area contributed by atoms with Crippen LogP contribution in [0.4, 0.5) is 0 Å². The van der Waals surface area contributed by atoms with Gasteiger partial charge in [0.25, 0.3) is 5.91 Å². The van der Waals surface area contributed by atoms with Crippen molar-refractivity contribution in [1.82, 2.24) is 14.7 Å². The fourth-order valence-electron chi connectivity index (χ4n) is 4.37. The van der Waals surface area contributed by atoms with E-state index in [0.717, 1.165) is 26.2 Å². The Morgan fingerprint density at radius 2 is 1.55 bits per heavy atom. The van der Waals surface area contributed by atoms with Crippen LogP contribution in [0.2, 0.25) is 0 Å². The van der Waals surface area contributed by atoms with Gasteiger partial charge in [-0.3, -0.25) is 19.5 Å². The third kappa shape index (κ3) is 4.96. The molecule has 0 radical (unpaired) electrons. The largest absolute Gasteiger partial charge is 0.465 e. The van der Waals surface area contributed by atoms with Gasteiger partial charge < -0.3 is 4.42 Å². The lowest BCUT2D eigenvalue weighted by atomic mass is 9.96. The van der Waals surface area contributed by atoms with Gasteiger partial charge in [-0.25, -0.2) is 0 Å². The quantitative estimate of drug-likeness (QED) is 0.375. The molecule has 3 aromatic rings. The highest BCUT2D eigenvalue weighted by atomic mass is 32.2. The molecule has 1 amide bonds. The van der Waals surface area contributed by atoms with Crippen LogP contribution < -0.4 is 0 Å². The van der Waals surface area contributed by atoms with Gasteiger partial charge in [0.15, 0.2) is 0 Å². The predicted molar refractivity (Wildman–Crippen MR) is 136 cm³/mol. The van der Waals surface area contributed by atoms with Gasteiger partial charge in [0.05, 0.1) is 23.9 Å². The molecule has 2 aliphatic rings. The molecule has 0 aliphatic carbocycles. The maximum Gasteiger partial charge on any atom is 0.267 e. The van der Waals surface area contributed by atoms with Gasteiger partial charge in [-0.2, -0.15) is 0 Å². The van der Waals surface area contributed by atoms with Crippen molar-refractivity contribution >= 4 is 40.3 Å². The Morgan fingerprint density at radius 1 is 0.909 bits per heavy atom. The van der Waals surface area contributed by atoms with E-state index in [1.165, 1.54) is 22.9 Å². The molecule has 2 aromatic carbocycles. The van der Waals surface area contributed by atoms with Gasteiger partial charge in [-0.15, -0.1) is 0 Å². The van der Waals surface area contributed by atoms with Crippen LogP contribution in [-0.2, 0) is 4.79 Å². The Morgan fingerprint density at radius 3 is 2.12 bits per heavy atom. The summed E-state index contributed by atoms with van der Waals surface area (Å²) in [4.78, 5) is 20.1. The summed E-state index contributed by atoms with van der Waals surface area (Å²) in [5, 5.41) is 0. The maximum absolute atomic E-state index is 12.9. The highest BCUT2D eigenvalue weighted by Gasteiger charge is 2.34. The second kappa shape index (κ2) is 10.1. The first-order chi connectivity index (χ1) is 16.2. The van der Waals surface area contributed by atoms with Crippen LogP contribution in [0.25, 0.3) is 6.08 Å². The summed E-state index contributed by atoms with van der Waals surface area (Å²) < 4.78 is 5.96. The molecule has 0 unspecified atom stereocenters. The van der Waals surface area contributed by atoms with Gasteiger partial charge >= 0.3 is 0 Å². The zero-order valence-corrected chi connectivity index (χ0v) is 19.8. The van der Waals surface area contributed by atoms with Crippen LogP contribution in [0.1, 0.15) is 22.9 Å². The number of thiocarbonyl (C=S) groups is 1. The minimum absolute atomic E-state index is 0.0460. The van der Waals surface area contributed by atoms with Crippen LogP contribution in [0.3, 0.4) is 0 Å². The Bertz CT molecular complexity index is 1090. The van der Waals surface area contributed by atoms with Crippen LogP contribution in [0.5, 0.6) is 0 Å². The number of hydrogen-bond acceptors (Lipinski definition) is 6. The fourth-order valence-corrected chi connectivity index (χ4v) is 5.59. The molecule has 168 valence electrons. The molecule has 5 nitrogen and oxygen atoms in total. The topological polar surface area (TPSA) is 39.9 Å². The number of nitrogens with zero attached hydrogens (tertiary/aromatic N) is 3. The van der Waals surface area contributed by atoms with Crippen LogP contribution in [0.15, 0.2) is 88.4 Å². The van der Waals surface area contributed by atoms with Crippen molar-refractivity contribution in [2.24, 2.45) is 0 Å². The number of hydrogen-bond donors (Lipinski definition) is 0. The van der Waals surface area contributed by atoms with Crippen molar-refractivity contribution in [3.8, 4) is 0 Å². The van der Waals surface area contributed by atoms with Crippen molar-refractivity contribution in [2.45, 2.75) is 6.04 Å². The number of carbonyl (C=O) groups excluding carboxylic acids is 1. The van der Waals surface area contributed by atoms with E-state index in [0.29, 0.717) is 21.7 Å². The molecule has 0 bridgehead atoms. The van der Waals surface area contributed by atoms with Crippen molar-refractivity contribution < 1.29 is 9.21 Å². The number of carbonyl (C=O) groups is 1. The lowest BCUT2D eigenvalue weighted by Gasteiger charge is -2.40. The summed E-state index contributed by atoms with van der Waals surface area (Å²) in [6.45, 7) is 4.13. The smallest absolute Gasteiger partial charge is 0.267 e. The van der Waals surface area contributed by atoms with Crippen LogP contribution >= 0.6 is 24.0 Å². The molecule has 2 fully saturated rings. The molecule has 3 heterocycles. The molecule has 0 N–H and O–H groups in total. The molecular weight excluding hydrogens is 450 g/mol.